The first-order valence-corrected chi connectivity index (χ1v) is 12.4. The third kappa shape index (κ3) is 7.33. The second kappa shape index (κ2) is 12.0. The van der Waals surface area contributed by atoms with E-state index in [1.165, 1.54) is 12.1 Å². The summed E-state index contributed by atoms with van der Waals surface area (Å²) in [6, 6.07) is 3.54. The van der Waals surface area contributed by atoms with Crippen molar-refractivity contribution < 1.29 is 66.3 Å². The van der Waals surface area contributed by atoms with Gasteiger partial charge in [0.25, 0.3) is 5.69 Å². The monoisotopic (exact) mass is 561 g/mol. The number of hydrogen-bond donors (Lipinski definition) is 0. The number of esters is 4. The molecule has 6 atom stereocenters. The highest BCUT2D eigenvalue weighted by Gasteiger charge is 2.54. The summed E-state index contributed by atoms with van der Waals surface area (Å²) in [5.41, 5.74) is 0.0128. The van der Waals surface area contributed by atoms with E-state index in [0.29, 0.717) is 0 Å². The molecule has 0 amide bonds. The molecule has 0 bridgehead atoms. The second-order valence-electron chi connectivity index (χ2n) is 8.03. The van der Waals surface area contributed by atoms with Crippen molar-refractivity contribution in [3.05, 3.63) is 33.9 Å². The van der Waals surface area contributed by atoms with Gasteiger partial charge in [0.05, 0.1) is 4.92 Å². The number of rotatable bonds is 8. The molecule has 17 heteroatoms. The largest absolute Gasteiger partial charge is 0.598 e. The second-order valence-corrected chi connectivity index (χ2v) is 9.62. The van der Waals surface area contributed by atoms with E-state index in [9.17, 15) is 34.2 Å². The molecule has 38 heavy (non-hydrogen) atoms. The minimum absolute atomic E-state index is 0.0109. The number of nitrogens with zero attached hydrogens (tertiary/aromatic N) is 1. The molecule has 0 aromatic heterocycles. The Labute approximate surface area is 215 Å². The Morgan fingerprint density at radius 2 is 1.53 bits per heavy atom. The van der Waals surface area contributed by atoms with Crippen LogP contribution in [0.15, 0.2) is 18.2 Å². The molecule has 3 rings (SSSR count). The van der Waals surface area contributed by atoms with Gasteiger partial charge in [-0.3, -0.25) is 33.8 Å². The van der Waals surface area contributed by atoms with Crippen molar-refractivity contribution in [3.8, 4) is 5.75 Å². The first-order chi connectivity index (χ1) is 17.8. The van der Waals surface area contributed by atoms with E-state index in [0.717, 1.165) is 33.8 Å². The predicted molar refractivity (Wildman–Crippen MR) is 118 cm³/mol. The molecule has 2 aliphatic heterocycles. The normalized spacial score (nSPS) is 28.2. The summed E-state index contributed by atoms with van der Waals surface area (Å²) < 4.78 is 42.2. The third-order valence-electron chi connectivity index (χ3n) is 5.02. The van der Waals surface area contributed by atoms with Crippen molar-refractivity contribution >= 4 is 37.7 Å². The van der Waals surface area contributed by atoms with Gasteiger partial charge in [-0.05, 0) is 6.07 Å². The lowest BCUT2D eigenvalue weighted by atomic mass is 9.98. The molecule has 1 fully saturated rings. The average Bonchev–Trinajstić information content (AvgIpc) is 2.80. The van der Waals surface area contributed by atoms with E-state index in [-0.39, 0.29) is 23.6 Å². The molecule has 0 saturated carbocycles. The summed E-state index contributed by atoms with van der Waals surface area (Å²) >= 11 is 0. The minimum Gasteiger partial charge on any atom is -0.598 e. The van der Waals surface area contributed by atoms with Crippen molar-refractivity contribution in [2.45, 2.75) is 65.0 Å². The lowest BCUT2D eigenvalue weighted by molar-refractivity contribution is -0.385. The first-order valence-electron chi connectivity index (χ1n) is 11.0. The molecule has 0 N–H and O–H groups in total. The van der Waals surface area contributed by atoms with Gasteiger partial charge in [-0.1, -0.05) is 0 Å². The summed E-state index contributed by atoms with van der Waals surface area (Å²) in [4.78, 5) is 70.6. The Kier molecular flexibility index (Phi) is 9.17. The van der Waals surface area contributed by atoms with Gasteiger partial charge in [0.15, 0.2) is 18.0 Å². The zero-order valence-electron chi connectivity index (χ0n) is 20.6. The molecule has 0 radical (unpaired) electrons. The number of carbonyl (C=O) groups is 4. The fourth-order valence-electron chi connectivity index (χ4n) is 3.65. The molecule has 0 aliphatic carbocycles. The molecule has 1 aromatic rings. The van der Waals surface area contributed by atoms with Crippen LogP contribution in [0, 0.1) is 10.1 Å². The van der Waals surface area contributed by atoms with E-state index in [4.69, 9.17) is 37.3 Å². The topological polar surface area (TPSA) is 208 Å². The highest BCUT2D eigenvalue weighted by atomic mass is 31.2. The van der Waals surface area contributed by atoms with Crippen LogP contribution in [-0.4, -0.2) is 66.1 Å². The van der Waals surface area contributed by atoms with Crippen LogP contribution in [0.5, 0.6) is 5.75 Å². The molecule has 2 unspecified atom stereocenters. The molecular formula is C21H24NO15P. The van der Waals surface area contributed by atoms with Crippen LogP contribution in [0.1, 0.15) is 33.3 Å². The lowest BCUT2D eigenvalue weighted by Crippen LogP contribution is -2.63. The van der Waals surface area contributed by atoms with Gasteiger partial charge in [0.1, 0.15) is 19.3 Å². The van der Waals surface area contributed by atoms with Crippen LogP contribution in [0.4, 0.5) is 5.69 Å². The number of fused-ring (bicyclic) bond motifs is 1. The zero-order valence-corrected chi connectivity index (χ0v) is 21.4. The molecule has 16 nitrogen and oxygen atoms in total. The van der Waals surface area contributed by atoms with Crippen molar-refractivity contribution in [3.63, 3.8) is 0 Å². The van der Waals surface area contributed by atoms with Gasteiger partial charge < -0.3 is 28.6 Å². The number of nitro groups is 1. The smallest absolute Gasteiger partial charge is 0.429 e. The van der Waals surface area contributed by atoms with Gasteiger partial charge in [-0.25, -0.2) is 0 Å². The number of non-ortho nitro benzene ring substituents is 1. The maximum Gasteiger partial charge on any atom is 0.429 e. The van der Waals surface area contributed by atoms with Crippen molar-refractivity contribution in [1.82, 2.24) is 0 Å². The number of hydrogen-bond acceptors (Lipinski definition) is 15. The van der Waals surface area contributed by atoms with Gasteiger partial charge in [0, 0.05) is 45.4 Å². The number of nitro benzene ring substituents is 1. The summed E-state index contributed by atoms with van der Waals surface area (Å²) in [6.45, 7) is 3.14. The predicted octanol–water partition coefficient (Wildman–Crippen LogP) is 0.641. The Hall–Kier alpha value is -3.43. The fraction of sp³-hybridized carbons (Fsp3) is 0.524. The van der Waals surface area contributed by atoms with E-state index in [1.807, 2.05) is 0 Å². The van der Waals surface area contributed by atoms with E-state index >= 15 is 0 Å². The third-order valence-corrected chi connectivity index (χ3v) is 6.35. The Morgan fingerprint density at radius 1 is 0.947 bits per heavy atom. The fourth-order valence-corrected chi connectivity index (χ4v) is 4.88. The molecule has 1 saturated heterocycles. The van der Waals surface area contributed by atoms with Gasteiger partial charge in [0.2, 0.25) is 12.4 Å². The molecule has 2 aliphatic rings. The quantitative estimate of drug-likeness (QED) is 0.140. The van der Waals surface area contributed by atoms with Gasteiger partial charge in [-0.2, -0.15) is 9.05 Å². The van der Waals surface area contributed by atoms with Gasteiger partial charge >= 0.3 is 32.0 Å². The summed E-state index contributed by atoms with van der Waals surface area (Å²) in [6.07, 6.45) is -7.60. The van der Waals surface area contributed by atoms with E-state index in [2.05, 4.69) is 0 Å². The van der Waals surface area contributed by atoms with Crippen LogP contribution < -0.4 is 9.42 Å². The lowest BCUT2D eigenvalue weighted by Gasteiger charge is -2.43. The molecule has 208 valence electrons. The molecule has 2 heterocycles. The molecular weight excluding hydrogens is 537 g/mol. The highest BCUT2D eigenvalue weighted by Crippen LogP contribution is 2.58. The Bertz CT molecular complexity index is 1110. The van der Waals surface area contributed by atoms with Crippen LogP contribution >= 0.6 is 8.17 Å². The van der Waals surface area contributed by atoms with Crippen LogP contribution in [0.3, 0.4) is 0 Å². The first kappa shape index (κ1) is 29.1. The minimum atomic E-state index is -4.34. The SMILES string of the molecule is CC(=O)OC1O[C@H](CO[P+]2([O-])OCc3cc([N+](=O)[O-])ccc3O2)[C@H](OC(C)=O)[C@H](OC(C)=O)[C@H]1OC(C)=O. The van der Waals surface area contributed by atoms with Crippen LogP contribution in [0.25, 0.3) is 0 Å². The molecule has 0 spiro atoms. The zero-order chi connectivity index (χ0) is 28.2. The van der Waals surface area contributed by atoms with Crippen molar-refractivity contribution in [2.24, 2.45) is 0 Å². The number of benzene rings is 1. The number of phosphoric acid groups is 1. The standard InChI is InChI=1S/C21H24NO15P/c1-10(23)32-18-17(36-21(35-13(4)26)20(34-12(3)25)19(18)33-11(2)24)9-31-38(29)30-8-14-7-15(22(27)28)5-6-16(14)37-38/h5-7,17-21H,8-9H2,1-4H3/t17-,18+,19+,20-,21?,38?/m1/s1. The average molecular weight is 561 g/mol. The number of carbonyl (C=O) groups excluding carboxylic acids is 4. The van der Waals surface area contributed by atoms with Crippen molar-refractivity contribution in [1.29, 1.82) is 0 Å². The summed E-state index contributed by atoms with van der Waals surface area (Å²) in [5.74, 6) is -3.39. The Morgan fingerprint density at radius 3 is 2.11 bits per heavy atom. The number of ether oxygens (including phenoxy) is 5. The summed E-state index contributed by atoms with van der Waals surface area (Å²) in [7, 11) is -4.34. The highest BCUT2D eigenvalue weighted by molar-refractivity contribution is 7.54. The molecule has 1 aromatic carbocycles. The Balaban J connectivity index is 1.86. The maximum atomic E-state index is 13.1. The summed E-state index contributed by atoms with van der Waals surface area (Å²) in [5, 5.41) is 11.0. The van der Waals surface area contributed by atoms with Crippen LogP contribution in [-0.2, 0) is 58.5 Å². The van der Waals surface area contributed by atoms with Gasteiger partial charge in [-0.15, -0.1) is 0 Å². The van der Waals surface area contributed by atoms with E-state index < -0.39 is 74.3 Å². The van der Waals surface area contributed by atoms with E-state index in [1.54, 1.807) is 0 Å². The maximum absolute atomic E-state index is 13.1. The van der Waals surface area contributed by atoms with Crippen molar-refractivity contribution in [2.75, 3.05) is 6.61 Å². The van der Waals surface area contributed by atoms with Crippen LogP contribution in [0.2, 0.25) is 0 Å². The number of phosphoric ester groups is 1.